The van der Waals surface area contributed by atoms with Crippen LogP contribution in [0.1, 0.15) is 0 Å². The molecule has 96 valence electrons. The summed E-state index contributed by atoms with van der Waals surface area (Å²) in [5.74, 6) is -1.43. The summed E-state index contributed by atoms with van der Waals surface area (Å²) in [5, 5.41) is 11.7. The fourth-order valence-electron chi connectivity index (χ4n) is 1.64. The van der Waals surface area contributed by atoms with Gasteiger partial charge in [0.1, 0.15) is 11.2 Å². The van der Waals surface area contributed by atoms with E-state index in [0.29, 0.717) is 13.2 Å². The number of ether oxygens (including phenoxy) is 2. The van der Waals surface area contributed by atoms with Gasteiger partial charge < -0.3 is 14.8 Å². The first-order valence-electron chi connectivity index (χ1n) is 5.36. The number of hydrogen-bond acceptors (Lipinski definition) is 4. The number of benzene rings is 1. The lowest BCUT2D eigenvalue weighted by Gasteiger charge is -2.35. The van der Waals surface area contributed by atoms with Gasteiger partial charge in [-0.05, 0) is 0 Å². The van der Waals surface area contributed by atoms with Gasteiger partial charge in [-0.2, -0.15) is 5.26 Å². The number of hydrogen-bond donors (Lipinski definition) is 1. The van der Waals surface area contributed by atoms with Gasteiger partial charge >= 0.3 is 0 Å². The largest absolute Gasteiger partial charge is 0.494 e. The second-order valence-electron chi connectivity index (χ2n) is 4.21. The summed E-state index contributed by atoms with van der Waals surface area (Å²) in [5.41, 5.74) is -0.641. The number of rotatable bonds is 4. The normalized spacial score (nSPS) is 16.6. The first kappa shape index (κ1) is 12.6. The van der Waals surface area contributed by atoms with Crippen molar-refractivity contribution in [1.82, 2.24) is 0 Å². The Bertz CT molecular complexity index is 496. The zero-order valence-corrected chi connectivity index (χ0v) is 9.80. The Kier molecular flexibility index (Phi) is 3.34. The van der Waals surface area contributed by atoms with Crippen molar-refractivity contribution in [2.45, 2.75) is 0 Å². The van der Waals surface area contributed by atoms with Crippen molar-refractivity contribution in [3.8, 4) is 11.8 Å². The van der Waals surface area contributed by atoms with Crippen molar-refractivity contribution in [3.63, 3.8) is 0 Å². The fraction of sp³-hybridized carbons (Fsp3) is 0.417. The highest BCUT2D eigenvalue weighted by Gasteiger charge is 2.38. The van der Waals surface area contributed by atoms with Crippen LogP contribution in [0.5, 0.6) is 5.75 Å². The maximum Gasteiger partial charge on any atom is 0.167 e. The molecule has 0 aromatic heterocycles. The quantitative estimate of drug-likeness (QED) is 0.892. The van der Waals surface area contributed by atoms with E-state index in [9.17, 15) is 8.78 Å². The zero-order chi connectivity index (χ0) is 13.2. The standard InChI is InChI=1S/C12H12F2N2O2/c1-17-11-3-8(13)10(2-9(11)14)16-5-12(4-15)6-18-7-12/h2-3,16H,5-7H2,1H3. The second-order valence-corrected chi connectivity index (χ2v) is 4.21. The third-order valence-corrected chi connectivity index (χ3v) is 2.85. The minimum Gasteiger partial charge on any atom is -0.494 e. The molecule has 1 fully saturated rings. The van der Waals surface area contributed by atoms with Gasteiger partial charge in [-0.15, -0.1) is 0 Å². The molecule has 0 saturated carbocycles. The Balaban J connectivity index is 2.10. The molecular weight excluding hydrogens is 242 g/mol. The van der Waals surface area contributed by atoms with E-state index in [1.807, 2.05) is 0 Å². The molecule has 0 atom stereocenters. The summed E-state index contributed by atoms with van der Waals surface area (Å²) in [4.78, 5) is 0. The van der Waals surface area contributed by atoms with Crippen molar-refractivity contribution >= 4 is 5.69 Å². The van der Waals surface area contributed by atoms with Crippen LogP contribution < -0.4 is 10.1 Å². The van der Waals surface area contributed by atoms with Crippen molar-refractivity contribution in [2.24, 2.45) is 5.41 Å². The molecule has 0 spiro atoms. The maximum atomic E-state index is 13.6. The molecule has 0 amide bonds. The van der Waals surface area contributed by atoms with Crippen LogP contribution in [0.4, 0.5) is 14.5 Å². The van der Waals surface area contributed by atoms with Crippen molar-refractivity contribution in [3.05, 3.63) is 23.8 Å². The Labute approximate surface area is 103 Å². The summed E-state index contributed by atoms with van der Waals surface area (Å²) in [7, 11) is 1.27. The molecular formula is C12H12F2N2O2. The SMILES string of the molecule is COc1cc(F)c(NCC2(C#N)COC2)cc1F. The Morgan fingerprint density at radius 1 is 1.44 bits per heavy atom. The fourth-order valence-corrected chi connectivity index (χ4v) is 1.64. The first-order chi connectivity index (χ1) is 8.60. The van der Waals surface area contributed by atoms with Crippen molar-refractivity contribution < 1.29 is 18.3 Å². The van der Waals surface area contributed by atoms with Gasteiger partial charge in [0, 0.05) is 18.7 Å². The van der Waals surface area contributed by atoms with Crippen LogP contribution >= 0.6 is 0 Å². The molecule has 0 unspecified atom stereocenters. The molecule has 1 saturated heterocycles. The van der Waals surface area contributed by atoms with E-state index in [1.54, 1.807) is 0 Å². The predicted octanol–water partition coefficient (Wildman–Crippen LogP) is 1.93. The number of halogens is 2. The summed E-state index contributed by atoms with van der Waals surface area (Å²) < 4.78 is 36.6. The van der Waals surface area contributed by atoms with Crippen molar-refractivity contribution in [2.75, 3.05) is 32.2 Å². The summed E-state index contributed by atoms with van der Waals surface area (Å²) in [6.07, 6.45) is 0. The van der Waals surface area contributed by atoms with E-state index < -0.39 is 17.0 Å². The molecule has 0 bridgehead atoms. The van der Waals surface area contributed by atoms with Gasteiger partial charge in [0.2, 0.25) is 0 Å². The zero-order valence-electron chi connectivity index (χ0n) is 9.80. The lowest BCUT2D eigenvalue weighted by molar-refractivity contribution is -0.0690. The minimum absolute atomic E-state index is 0.00910. The highest BCUT2D eigenvalue weighted by Crippen LogP contribution is 2.29. The topological polar surface area (TPSA) is 54.3 Å². The van der Waals surface area contributed by atoms with Crippen LogP contribution in [0.25, 0.3) is 0 Å². The van der Waals surface area contributed by atoms with Crippen LogP contribution in [0.15, 0.2) is 12.1 Å². The molecule has 18 heavy (non-hydrogen) atoms. The molecule has 1 N–H and O–H groups in total. The van der Waals surface area contributed by atoms with Gasteiger partial charge in [-0.25, -0.2) is 8.78 Å². The number of anilines is 1. The third kappa shape index (κ3) is 2.22. The second kappa shape index (κ2) is 4.78. The Morgan fingerprint density at radius 3 is 2.67 bits per heavy atom. The molecule has 0 aliphatic carbocycles. The third-order valence-electron chi connectivity index (χ3n) is 2.85. The number of nitriles is 1. The van der Waals surface area contributed by atoms with Gasteiger partial charge in [-0.3, -0.25) is 0 Å². The Morgan fingerprint density at radius 2 is 2.17 bits per heavy atom. The summed E-state index contributed by atoms with van der Waals surface area (Å²) in [6.45, 7) is 0.819. The van der Waals surface area contributed by atoms with Crippen LogP contribution in [0, 0.1) is 28.4 Å². The monoisotopic (exact) mass is 254 g/mol. The summed E-state index contributed by atoms with van der Waals surface area (Å²) in [6, 6.07) is 4.09. The number of nitrogens with one attached hydrogen (secondary N) is 1. The molecule has 6 heteroatoms. The molecule has 1 aliphatic heterocycles. The van der Waals surface area contributed by atoms with E-state index in [0.717, 1.165) is 12.1 Å². The molecule has 2 rings (SSSR count). The highest BCUT2D eigenvalue weighted by molar-refractivity contribution is 5.49. The smallest absolute Gasteiger partial charge is 0.167 e. The predicted molar refractivity (Wildman–Crippen MR) is 60.3 cm³/mol. The van der Waals surface area contributed by atoms with Gasteiger partial charge in [0.15, 0.2) is 11.6 Å². The molecule has 4 nitrogen and oxygen atoms in total. The van der Waals surface area contributed by atoms with Crippen LogP contribution in [-0.2, 0) is 4.74 Å². The van der Waals surface area contributed by atoms with E-state index in [4.69, 9.17) is 10.00 Å². The van der Waals surface area contributed by atoms with Gasteiger partial charge in [0.05, 0.1) is 32.1 Å². The molecule has 1 aromatic carbocycles. The average Bonchev–Trinajstić information content (AvgIpc) is 2.32. The van der Waals surface area contributed by atoms with E-state index in [1.165, 1.54) is 7.11 Å². The van der Waals surface area contributed by atoms with E-state index in [2.05, 4.69) is 16.1 Å². The van der Waals surface area contributed by atoms with Crippen LogP contribution in [0.2, 0.25) is 0 Å². The van der Waals surface area contributed by atoms with Crippen molar-refractivity contribution in [1.29, 1.82) is 5.26 Å². The van der Waals surface area contributed by atoms with Gasteiger partial charge in [0.25, 0.3) is 0 Å². The van der Waals surface area contributed by atoms with Crippen LogP contribution in [0.3, 0.4) is 0 Å². The molecule has 1 heterocycles. The van der Waals surface area contributed by atoms with E-state index in [-0.39, 0.29) is 18.0 Å². The highest BCUT2D eigenvalue weighted by atomic mass is 19.1. The van der Waals surface area contributed by atoms with E-state index >= 15 is 0 Å². The first-order valence-corrected chi connectivity index (χ1v) is 5.36. The number of methoxy groups -OCH3 is 1. The maximum absolute atomic E-state index is 13.6. The molecule has 1 aliphatic rings. The Hall–Kier alpha value is -1.87. The summed E-state index contributed by atoms with van der Waals surface area (Å²) >= 11 is 0. The minimum atomic E-state index is -0.655. The lowest BCUT2D eigenvalue weighted by atomic mass is 9.88. The van der Waals surface area contributed by atoms with Crippen LogP contribution in [-0.4, -0.2) is 26.9 Å². The lowest BCUT2D eigenvalue weighted by Crippen LogP contribution is -2.46. The number of nitrogens with zero attached hydrogens (tertiary/aromatic N) is 1. The molecule has 0 radical (unpaired) electrons. The molecule has 1 aromatic rings. The average molecular weight is 254 g/mol. The van der Waals surface area contributed by atoms with Gasteiger partial charge in [-0.1, -0.05) is 0 Å².